The van der Waals surface area contributed by atoms with Crippen LogP contribution in [0.5, 0.6) is 5.75 Å². The van der Waals surface area contributed by atoms with Gasteiger partial charge in [-0.3, -0.25) is 19.5 Å². The molecule has 35 heavy (non-hydrogen) atoms. The highest BCUT2D eigenvalue weighted by Crippen LogP contribution is 2.42. The highest BCUT2D eigenvalue weighted by atomic mass is 16.5. The predicted octanol–water partition coefficient (Wildman–Crippen LogP) is 5.38. The van der Waals surface area contributed by atoms with Gasteiger partial charge in [-0.05, 0) is 54.1 Å². The molecule has 1 aromatic heterocycles. The van der Waals surface area contributed by atoms with Crippen molar-refractivity contribution in [1.82, 2.24) is 4.98 Å². The maximum Gasteiger partial charge on any atom is 0.300 e. The first-order valence-corrected chi connectivity index (χ1v) is 11.1. The van der Waals surface area contributed by atoms with E-state index in [-0.39, 0.29) is 11.3 Å². The Hall–Kier alpha value is -4.71. The first-order chi connectivity index (χ1) is 17.1. The van der Waals surface area contributed by atoms with Gasteiger partial charge in [-0.15, -0.1) is 0 Å². The number of benzene rings is 3. The van der Waals surface area contributed by atoms with Crippen LogP contribution in [0.3, 0.4) is 0 Å². The van der Waals surface area contributed by atoms with Gasteiger partial charge in [0.15, 0.2) is 0 Å². The van der Waals surface area contributed by atoms with Gasteiger partial charge in [0.2, 0.25) is 0 Å². The summed E-state index contributed by atoms with van der Waals surface area (Å²) in [6, 6.07) is 28.1. The number of anilines is 1. The quantitative estimate of drug-likeness (QED) is 0.245. The van der Waals surface area contributed by atoms with Crippen molar-refractivity contribution in [3.8, 4) is 17.0 Å². The number of methoxy groups -OCH3 is 1. The number of hydrogen-bond acceptors (Lipinski definition) is 5. The average molecular weight is 463 g/mol. The number of ether oxygens (including phenoxy) is 1. The van der Waals surface area contributed by atoms with E-state index in [9.17, 15) is 14.7 Å². The molecule has 172 valence electrons. The Balaban J connectivity index is 1.62. The Labute approximate surface area is 202 Å². The molecule has 0 bridgehead atoms. The molecule has 0 spiro atoms. The van der Waals surface area contributed by atoms with Crippen molar-refractivity contribution in [1.29, 1.82) is 0 Å². The van der Waals surface area contributed by atoms with Gasteiger partial charge in [-0.25, -0.2) is 0 Å². The molecule has 0 radical (unpaired) electrons. The second-order valence-corrected chi connectivity index (χ2v) is 8.07. The van der Waals surface area contributed by atoms with Gasteiger partial charge in [0.25, 0.3) is 11.7 Å². The number of aliphatic hydroxyl groups is 1. The van der Waals surface area contributed by atoms with E-state index in [0.29, 0.717) is 17.0 Å². The van der Waals surface area contributed by atoms with Crippen LogP contribution in [-0.4, -0.2) is 28.9 Å². The Morgan fingerprint density at radius 1 is 0.857 bits per heavy atom. The van der Waals surface area contributed by atoms with Crippen LogP contribution in [0.2, 0.25) is 0 Å². The number of carbonyl (C=O) groups excluding carboxylic acids is 2. The molecule has 1 N–H and O–H groups in total. The van der Waals surface area contributed by atoms with Gasteiger partial charge in [0, 0.05) is 23.0 Å². The van der Waals surface area contributed by atoms with E-state index in [1.54, 1.807) is 49.7 Å². The van der Waals surface area contributed by atoms with Gasteiger partial charge in [-0.2, -0.15) is 0 Å². The van der Waals surface area contributed by atoms with Gasteiger partial charge >= 0.3 is 0 Å². The fourth-order valence-electron chi connectivity index (χ4n) is 4.28. The summed E-state index contributed by atoms with van der Waals surface area (Å²) < 4.78 is 5.19. The van der Waals surface area contributed by atoms with E-state index < -0.39 is 17.7 Å². The second kappa shape index (κ2) is 9.27. The maximum atomic E-state index is 13.3. The molecule has 1 saturated heterocycles. The Kier molecular flexibility index (Phi) is 5.85. The monoisotopic (exact) mass is 462 g/mol. The van der Waals surface area contributed by atoms with Crippen LogP contribution in [0.15, 0.2) is 109 Å². The molecule has 1 amide bonds. The van der Waals surface area contributed by atoms with Crippen molar-refractivity contribution in [2.75, 3.05) is 12.0 Å². The highest BCUT2D eigenvalue weighted by Gasteiger charge is 2.46. The summed E-state index contributed by atoms with van der Waals surface area (Å²) in [6.45, 7) is 0. The van der Waals surface area contributed by atoms with Crippen LogP contribution in [0.25, 0.3) is 17.0 Å². The van der Waals surface area contributed by atoms with Crippen LogP contribution < -0.4 is 9.64 Å². The normalized spacial score (nSPS) is 16.9. The molecule has 1 unspecified atom stereocenters. The number of Topliss-reactive ketones (excluding diaryl/α,β-unsaturated/α-hetero) is 1. The lowest BCUT2D eigenvalue weighted by Gasteiger charge is -2.25. The molecule has 5 rings (SSSR count). The minimum Gasteiger partial charge on any atom is -0.507 e. The molecule has 6 nitrogen and oxygen atoms in total. The number of aliphatic hydroxyl groups excluding tert-OH is 1. The van der Waals surface area contributed by atoms with E-state index >= 15 is 0 Å². The van der Waals surface area contributed by atoms with Crippen molar-refractivity contribution in [3.63, 3.8) is 0 Å². The van der Waals surface area contributed by atoms with Crippen molar-refractivity contribution >= 4 is 23.1 Å². The molecule has 1 aliphatic heterocycles. The van der Waals surface area contributed by atoms with Crippen molar-refractivity contribution in [2.24, 2.45) is 0 Å². The number of aromatic nitrogens is 1. The number of rotatable bonds is 5. The molecular weight excluding hydrogens is 440 g/mol. The maximum absolute atomic E-state index is 13.3. The summed E-state index contributed by atoms with van der Waals surface area (Å²) in [5.41, 5.74) is 3.43. The van der Waals surface area contributed by atoms with Gasteiger partial charge in [-0.1, -0.05) is 48.5 Å². The number of carbonyl (C=O) groups is 2. The van der Waals surface area contributed by atoms with Crippen LogP contribution >= 0.6 is 0 Å². The molecule has 0 saturated carbocycles. The standard InChI is InChI=1S/C29H22N2O4/c1-35-23-16-12-21(13-17-23)27(32)25-26(20-7-3-2-4-8-20)31(29(34)28(25)33)22-14-10-19(11-15-22)24-9-5-6-18-30-24/h2-18,26,32H,1H3. The Morgan fingerprint density at radius 2 is 1.54 bits per heavy atom. The molecule has 1 fully saturated rings. The molecule has 1 aliphatic rings. The number of ketones is 1. The minimum atomic E-state index is -0.779. The number of pyridine rings is 1. The fourth-order valence-corrected chi connectivity index (χ4v) is 4.28. The molecule has 2 heterocycles. The first kappa shape index (κ1) is 22.1. The molecule has 6 heteroatoms. The van der Waals surface area contributed by atoms with E-state index in [4.69, 9.17) is 4.74 Å². The van der Waals surface area contributed by atoms with Crippen LogP contribution in [0.4, 0.5) is 5.69 Å². The van der Waals surface area contributed by atoms with E-state index in [2.05, 4.69) is 4.98 Å². The smallest absolute Gasteiger partial charge is 0.300 e. The summed E-state index contributed by atoms with van der Waals surface area (Å²) in [6.07, 6.45) is 1.72. The lowest BCUT2D eigenvalue weighted by Crippen LogP contribution is -2.29. The fraction of sp³-hybridized carbons (Fsp3) is 0.0690. The number of amides is 1. The van der Waals surface area contributed by atoms with Gasteiger partial charge in [0.1, 0.15) is 11.5 Å². The first-order valence-electron chi connectivity index (χ1n) is 11.1. The summed E-state index contributed by atoms with van der Waals surface area (Å²) in [4.78, 5) is 32.3. The second-order valence-electron chi connectivity index (χ2n) is 8.07. The zero-order valence-electron chi connectivity index (χ0n) is 19.0. The third-order valence-electron chi connectivity index (χ3n) is 6.03. The molecule has 1 atom stereocenters. The average Bonchev–Trinajstić information content (AvgIpc) is 3.19. The summed E-state index contributed by atoms with van der Waals surface area (Å²) in [5, 5.41) is 11.2. The molecule has 3 aromatic carbocycles. The number of hydrogen-bond donors (Lipinski definition) is 1. The van der Waals surface area contributed by atoms with Crippen LogP contribution in [0.1, 0.15) is 17.2 Å². The van der Waals surface area contributed by atoms with E-state index in [1.807, 2.05) is 60.7 Å². The predicted molar refractivity (Wildman–Crippen MR) is 134 cm³/mol. The summed E-state index contributed by atoms with van der Waals surface area (Å²) >= 11 is 0. The van der Waals surface area contributed by atoms with E-state index in [0.717, 1.165) is 16.8 Å². The lowest BCUT2D eigenvalue weighted by molar-refractivity contribution is -0.132. The topological polar surface area (TPSA) is 79.7 Å². The highest BCUT2D eigenvalue weighted by molar-refractivity contribution is 6.51. The largest absolute Gasteiger partial charge is 0.507 e. The Bertz CT molecular complexity index is 1400. The number of nitrogens with zero attached hydrogens (tertiary/aromatic N) is 2. The third kappa shape index (κ3) is 4.06. The molecule has 0 aliphatic carbocycles. The van der Waals surface area contributed by atoms with Crippen molar-refractivity contribution in [2.45, 2.75) is 6.04 Å². The SMILES string of the molecule is COc1ccc(C(O)=C2C(=O)C(=O)N(c3ccc(-c4ccccn4)cc3)C2c2ccccc2)cc1. The van der Waals surface area contributed by atoms with Crippen LogP contribution in [0, 0.1) is 0 Å². The Morgan fingerprint density at radius 3 is 2.17 bits per heavy atom. The zero-order chi connectivity index (χ0) is 24.4. The van der Waals surface area contributed by atoms with Crippen molar-refractivity contribution in [3.05, 3.63) is 120 Å². The van der Waals surface area contributed by atoms with Gasteiger partial charge < -0.3 is 9.84 Å². The molecule has 4 aromatic rings. The molecular formula is C29H22N2O4. The van der Waals surface area contributed by atoms with Gasteiger partial charge in [0.05, 0.1) is 24.4 Å². The third-order valence-corrected chi connectivity index (χ3v) is 6.03. The minimum absolute atomic E-state index is 0.0418. The lowest BCUT2D eigenvalue weighted by atomic mass is 9.95. The van der Waals surface area contributed by atoms with Crippen LogP contribution in [-0.2, 0) is 9.59 Å². The zero-order valence-corrected chi connectivity index (χ0v) is 19.0. The van der Waals surface area contributed by atoms with E-state index in [1.165, 1.54) is 4.90 Å². The summed E-state index contributed by atoms with van der Waals surface area (Å²) in [5.74, 6) is -1.04. The summed E-state index contributed by atoms with van der Waals surface area (Å²) in [7, 11) is 1.55. The van der Waals surface area contributed by atoms with Crippen molar-refractivity contribution < 1.29 is 19.4 Å².